The van der Waals surface area contributed by atoms with Crippen LogP contribution in [-0.4, -0.2) is 36.8 Å². The zero-order chi connectivity index (χ0) is 17.6. The van der Waals surface area contributed by atoms with Gasteiger partial charge in [-0.1, -0.05) is 38.3 Å². The van der Waals surface area contributed by atoms with Gasteiger partial charge in [-0.2, -0.15) is 0 Å². The normalized spacial score (nSPS) is 11.0. The standard InChI is InChI=1S/C21H35NO2/c1-4-6-8-10-16-22(15-7-5-2)17-11-9-12-19-13-14-20(23)21(18-19)24-3/h5,13-14,18,23H,2,4,6-12,15-17H2,1,3H3. The Bertz CT molecular complexity index is 459. The van der Waals surface area contributed by atoms with Gasteiger partial charge in [0.05, 0.1) is 7.11 Å². The Hall–Kier alpha value is -1.48. The Morgan fingerprint density at radius 1 is 1.08 bits per heavy atom. The Kier molecular flexibility index (Phi) is 11.0. The second kappa shape index (κ2) is 12.9. The number of ether oxygens (including phenoxy) is 1. The van der Waals surface area contributed by atoms with Crippen molar-refractivity contribution in [2.45, 2.75) is 58.3 Å². The SMILES string of the molecule is C=CCCN(CCCCCC)CCCCc1ccc(O)c(OC)c1. The largest absolute Gasteiger partial charge is 0.504 e. The van der Waals surface area contributed by atoms with Gasteiger partial charge >= 0.3 is 0 Å². The van der Waals surface area contributed by atoms with Crippen LogP contribution >= 0.6 is 0 Å². The number of phenolic OH excluding ortho intramolecular Hbond substituents is 1. The lowest BCUT2D eigenvalue weighted by atomic mass is 10.1. The number of rotatable bonds is 14. The molecule has 0 saturated carbocycles. The fourth-order valence-corrected chi connectivity index (χ4v) is 2.91. The molecule has 1 aromatic carbocycles. The van der Waals surface area contributed by atoms with E-state index in [0.717, 1.165) is 32.4 Å². The van der Waals surface area contributed by atoms with Gasteiger partial charge in [-0.3, -0.25) is 0 Å². The van der Waals surface area contributed by atoms with Gasteiger partial charge in [0.1, 0.15) is 0 Å². The molecule has 3 nitrogen and oxygen atoms in total. The van der Waals surface area contributed by atoms with Crippen molar-refractivity contribution in [1.29, 1.82) is 0 Å². The third kappa shape index (κ3) is 8.39. The van der Waals surface area contributed by atoms with Gasteiger partial charge in [-0.25, -0.2) is 0 Å². The second-order valence-electron chi connectivity index (χ2n) is 6.44. The number of phenols is 1. The molecule has 0 radical (unpaired) electrons. The first-order chi connectivity index (χ1) is 11.7. The maximum atomic E-state index is 9.64. The van der Waals surface area contributed by atoms with E-state index >= 15 is 0 Å². The van der Waals surface area contributed by atoms with Crippen LogP contribution in [-0.2, 0) is 6.42 Å². The minimum absolute atomic E-state index is 0.212. The van der Waals surface area contributed by atoms with Crippen molar-refractivity contribution in [2.24, 2.45) is 0 Å². The van der Waals surface area contributed by atoms with Crippen molar-refractivity contribution >= 4 is 0 Å². The molecule has 0 aliphatic rings. The number of hydrogen-bond acceptors (Lipinski definition) is 3. The number of aryl methyl sites for hydroxylation is 1. The summed E-state index contributed by atoms with van der Waals surface area (Å²) in [5.41, 5.74) is 1.23. The summed E-state index contributed by atoms with van der Waals surface area (Å²) in [5.74, 6) is 0.778. The highest BCUT2D eigenvalue weighted by Gasteiger charge is 2.05. The van der Waals surface area contributed by atoms with Gasteiger partial charge in [0.15, 0.2) is 11.5 Å². The molecule has 1 N–H and O–H groups in total. The van der Waals surface area contributed by atoms with E-state index in [0.29, 0.717) is 5.75 Å². The maximum absolute atomic E-state index is 9.64. The Morgan fingerprint density at radius 2 is 1.83 bits per heavy atom. The summed E-state index contributed by atoms with van der Waals surface area (Å²) >= 11 is 0. The van der Waals surface area contributed by atoms with Crippen LogP contribution in [0.5, 0.6) is 11.5 Å². The molecular weight excluding hydrogens is 298 g/mol. The summed E-state index contributed by atoms with van der Waals surface area (Å²) < 4.78 is 5.17. The zero-order valence-corrected chi connectivity index (χ0v) is 15.6. The first kappa shape index (κ1) is 20.6. The fraction of sp³-hybridized carbons (Fsp3) is 0.619. The predicted octanol–water partition coefficient (Wildman–Crippen LogP) is 5.18. The highest BCUT2D eigenvalue weighted by molar-refractivity contribution is 5.41. The molecule has 136 valence electrons. The van der Waals surface area contributed by atoms with Gasteiger partial charge < -0.3 is 14.7 Å². The van der Waals surface area contributed by atoms with E-state index < -0.39 is 0 Å². The van der Waals surface area contributed by atoms with Crippen LogP contribution in [0.3, 0.4) is 0 Å². The van der Waals surface area contributed by atoms with E-state index in [1.807, 2.05) is 18.2 Å². The molecule has 0 amide bonds. The van der Waals surface area contributed by atoms with Crippen molar-refractivity contribution in [3.05, 3.63) is 36.4 Å². The average Bonchev–Trinajstić information content (AvgIpc) is 2.60. The molecule has 0 atom stereocenters. The van der Waals surface area contributed by atoms with E-state index in [-0.39, 0.29) is 5.75 Å². The predicted molar refractivity (Wildman–Crippen MR) is 103 cm³/mol. The smallest absolute Gasteiger partial charge is 0.160 e. The van der Waals surface area contributed by atoms with Gasteiger partial charge in [-0.05, 0) is 62.9 Å². The van der Waals surface area contributed by atoms with Crippen LogP contribution in [0.4, 0.5) is 0 Å². The number of aromatic hydroxyl groups is 1. The molecule has 1 rings (SSSR count). The van der Waals surface area contributed by atoms with Crippen LogP contribution < -0.4 is 4.74 Å². The Balaban J connectivity index is 2.31. The summed E-state index contributed by atoms with van der Waals surface area (Å²) in [4.78, 5) is 2.58. The van der Waals surface area contributed by atoms with Crippen LogP contribution in [0, 0.1) is 0 Å². The van der Waals surface area contributed by atoms with Gasteiger partial charge in [-0.15, -0.1) is 6.58 Å². The van der Waals surface area contributed by atoms with Gasteiger partial charge in [0.25, 0.3) is 0 Å². The lowest BCUT2D eigenvalue weighted by molar-refractivity contribution is 0.266. The monoisotopic (exact) mass is 333 g/mol. The Labute approximate surface area is 148 Å². The molecule has 0 spiro atoms. The summed E-state index contributed by atoms with van der Waals surface area (Å²) in [6, 6.07) is 5.64. The van der Waals surface area contributed by atoms with Crippen molar-refractivity contribution in [2.75, 3.05) is 26.7 Å². The molecule has 0 aliphatic heterocycles. The molecule has 0 bridgehead atoms. The molecule has 0 saturated heterocycles. The number of hydrogen-bond donors (Lipinski definition) is 1. The third-order valence-corrected chi connectivity index (χ3v) is 4.41. The summed E-state index contributed by atoms with van der Waals surface area (Å²) in [6.07, 6.45) is 11.8. The lowest BCUT2D eigenvalue weighted by Gasteiger charge is -2.21. The number of unbranched alkanes of at least 4 members (excludes halogenated alkanes) is 4. The fourth-order valence-electron chi connectivity index (χ4n) is 2.91. The molecule has 0 heterocycles. The van der Waals surface area contributed by atoms with E-state index in [4.69, 9.17) is 4.74 Å². The van der Waals surface area contributed by atoms with Gasteiger partial charge in [0.2, 0.25) is 0 Å². The quantitative estimate of drug-likeness (QED) is 0.376. The molecule has 0 unspecified atom stereocenters. The van der Waals surface area contributed by atoms with E-state index in [1.54, 1.807) is 13.2 Å². The van der Waals surface area contributed by atoms with Crippen LogP contribution in [0.1, 0.15) is 57.4 Å². The number of methoxy groups -OCH3 is 1. The molecule has 0 aliphatic carbocycles. The lowest BCUT2D eigenvalue weighted by Crippen LogP contribution is -2.27. The number of nitrogens with zero attached hydrogens (tertiary/aromatic N) is 1. The second-order valence-corrected chi connectivity index (χ2v) is 6.44. The summed E-state index contributed by atoms with van der Waals surface area (Å²) in [5, 5.41) is 9.64. The van der Waals surface area contributed by atoms with Crippen LogP contribution in [0.25, 0.3) is 0 Å². The molecule has 24 heavy (non-hydrogen) atoms. The van der Waals surface area contributed by atoms with Crippen molar-refractivity contribution in [3.63, 3.8) is 0 Å². The summed E-state index contributed by atoms with van der Waals surface area (Å²) in [6.45, 7) is 9.60. The van der Waals surface area contributed by atoms with Crippen molar-refractivity contribution in [1.82, 2.24) is 4.90 Å². The maximum Gasteiger partial charge on any atom is 0.160 e. The van der Waals surface area contributed by atoms with E-state index in [1.165, 1.54) is 44.2 Å². The first-order valence-electron chi connectivity index (χ1n) is 9.40. The minimum Gasteiger partial charge on any atom is -0.504 e. The molecular formula is C21H35NO2. The van der Waals surface area contributed by atoms with Crippen LogP contribution in [0.2, 0.25) is 0 Å². The van der Waals surface area contributed by atoms with E-state index in [2.05, 4.69) is 18.4 Å². The van der Waals surface area contributed by atoms with Crippen LogP contribution in [0.15, 0.2) is 30.9 Å². The van der Waals surface area contributed by atoms with Crippen molar-refractivity contribution in [3.8, 4) is 11.5 Å². The first-order valence-corrected chi connectivity index (χ1v) is 9.40. The van der Waals surface area contributed by atoms with Gasteiger partial charge in [0, 0.05) is 6.54 Å². The molecule has 3 heteroatoms. The number of benzene rings is 1. The average molecular weight is 334 g/mol. The molecule has 0 aromatic heterocycles. The highest BCUT2D eigenvalue weighted by atomic mass is 16.5. The van der Waals surface area contributed by atoms with E-state index in [9.17, 15) is 5.11 Å². The zero-order valence-electron chi connectivity index (χ0n) is 15.6. The third-order valence-electron chi connectivity index (χ3n) is 4.41. The minimum atomic E-state index is 0.212. The summed E-state index contributed by atoms with van der Waals surface area (Å²) in [7, 11) is 1.59. The molecule has 1 aromatic rings. The molecule has 0 fully saturated rings. The topological polar surface area (TPSA) is 32.7 Å². The Morgan fingerprint density at radius 3 is 2.50 bits per heavy atom. The highest BCUT2D eigenvalue weighted by Crippen LogP contribution is 2.26. The van der Waals surface area contributed by atoms with Crippen molar-refractivity contribution < 1.29 is 9.84 Å².